The summed E-state index contributed by atoms with van der Waals surface area (Å²) in [6.45, 7) is 2.07. The maximum absolute atomic E-state index is 13.0. The van der Waals surface area contributed by atoms with E-state index in [4.69, 9.17) is 4.98 Å². The largest absolute Gasteiger partial charge is 0.274 e. The Morgan fingerprint density at radius 3 is 2.32 bits per heavy atom. The van der Waals surface area contributed by atoms with Crippen molar-refractivity contribution < 1.29 is 9.59 Å². The van der Waals surface area contributed by atoms with Crippen LogP contribution in [-0.2, 0) is 9.59 Å². The Hall–Kier alpha value is -2.53. The van der Waals surface area contributed by atoms with Gasteiger partial charge in [0.25, 0.3) is 0 Å². The Morgan fingerprint density at radius 2 is 1.64 bits per heavy atom. The van der Waals surface area contributed by atoms with E-state index >= 15 is 0 Å². The first kappa shape index (κ1) is 16.4. The lowest BCUT2D eigenvalue weighted by atomic mass is 9.81. The summed E-state index contributed by atoms with van der Waals surface area (Å²) in [4.78, 5) is 32.2. The number of hydrogen-bond donors (Lipinski definition) is 0. The molecule has 2 saturated carbocycles. The van der Waals surface area contributed by atoms with Crippen molar-refractivity contribution in [3.63, 3.8) is 0 Å². The number of aromatic nitrogens is 1. The molecule has 140 valence electrons. The van der Waals surface area contributed by atoms with Crippen molar-refractivity contribution in [2.24, 2.45) is 23.7 Å². The van der Waals surface area contributed by atoms with E-state index in [1.54, 1.807) is 11.3 Å². The van der Waals surface area contributed by atoms with Gasteiger partial charge in [0.2, 0.25) is 11.8 Å². The van der Waals surface area contributed by atoms with E-state index in [1.165, 1.54) is 10.5 Å². The smallest absolute Gasteiger partial charge is 0.237 e. The molecule has 0 unspecified atom stereocenters. The highest BCUT2D eigenvalue weighted by Gasteiger charge is 2.61. The van der Waals surface area contributed by atoms with Crippen LogP contribution in [0.5, 0.6) is 0 Å². The van der Waals surface area contributed by atoms with Gasteiger partial charge in [-0.1, -0.05) is 6.07 Å². The summed E-state index contributed by atoms with van der Waals surface area (Å²) in [7, 11) is 0. The fourth-order valence-corrected chi connectivity index (χ4v) is 6.53. The van der Waals surface area contributed by atoms with Gasteiger partial charge in [0, 0.05) is 5.56 Å². The summed E-state index contributed by atoms with van der Waals surface area (Å²) in [5, 5.41) is 0.959. The molecule has 2 aromatic carbocycles. The number of carbonyl (C=O) groups is 2. The summed E-state index contributed by atoms with van der Waals surface area (Å²) >= 11 is 1.66. The molecule has 2 amide bonds. The van der Waals surface area contributed by atoms with E-state index in [0.29, 0.717) is 17.5 Å². The number of amides is 2. The fraction of sp³-hybridized carbons (Fsp3) is 0.348. The van der Waals surface area contributed by atoms with Crippen molar-refractivity contribution in [2.75, 3.05) is 4.90 Å². The molecule has 3 aromatic rings. The van der Waals surface area contributed by atoms with Crippen LogP contribution in [-0.4, -0.2) is 16.8 Å². The number of nitrogens with zero attached hydrogens (tertiary/aromatic N) is 2. The van der Waals surface area contributed by atoms with E-state index in [9.17, 15) is 9.59 Å². The van der Waals surface area contributed by atoms with Crippen molar-refractivity contribution in [3.05, 3.63) is 48.0 Å². The van der Waals surface area contributed by atoms with Crippen LogP contribution in [0.15, 0.2) is 42.5 Å². The molecule has 1 saturated heterocycles. The standard InChI is InChI=1S/C23H20N2O2S/c1-12-2-9-18-17(10-12)24-21(28-18)13-5-7-16(8-6-13)25-22(26)19-14-3-4-15(11-14)20(19)23(25)27/h2,5-10,14-15,19-20H,3-4,11H2,1H3/t14-,15-,19-,20+/m0/s1. The molecule has 0 spiro atoms. The topological polar surface area (TPSA) is 50.3 Å². The van der Waals surface area contributed by atoms with Gasteiger partial charge in [-0.15, -0.1) is 11.3 Å². The van der Waals surface area contributed by atoms with Gasteiger partial charge in [0.1, 0.15) is 5.01 Å². The second-order valence-electron chi connectivity index (χ2n) is 8.43. The third-order valence-electron chi connectivity index (χ3n) is 6.84. The van der Waals surface area contributed by atoms with Crippen LogP contribution in [0, 0.1) is 30.6 Å². The number of carbonyl (C=O) groups excluding carboxylic acids is 2. The quantitative estimate of drug-likeness (QED) is 0.592. The van der Waals surface area contributed by atoms with Gasteiger partial charge in [-0.25, -0.2) is 4.98 Å². The monoisotopic (exact) mass is 388 g/mol. The van der Waals surface area contributed by atoms with Crippen molar-refractivity contribution in [1.29, 1.82) is 0 Å². The number of imide groups is 1. The molecule has 1 aliphatic heterocycles. The Bertz CT molecular complexity index is 1110. The summed E-state index contributed by atoms with van der Waals surface area (Å²) in [5.41, 5.74) is 3.93. The van der Waals surface area contributed by atoms with Gasteiger partial charge in [-0.3, -0.25) is 14.5 Å². The molecule has 1 aromatic heterocycles. The molecule has 0 radical (unpaired) electrons. The third-order valence-corrected chi connectivity index (χ3v) is 7.93. The molecule has 4 atom stereocenters. The lowest BCUT2D eigenvalue weighted by Gasteiger charge is -2.19. The van der Waals surface area contributed by atoms with Gasteiger partial charge < -0.3 is 0 Å². The van der Waals surface area contributed by atoms with E-state index in [0.717, 1.165) is 40.1 Å². The fourth-order valence-electron chi connectivity index (χ4n) is 5.58. The molecular formula is C23H20N2O2S. The average molecular weight is 388 g/mol. The molecule has 2 aliphatic carbocycles. The van der Waals surface area contributed by atoms with Crippen molar-refractivity contribution in [2.45, 2.75) is 26.2 Å². The van der Waals surface area contributed by atoms with Crippen molar-refractivity contribution in [1.82, 2.24) is 4.98 Å². The van der Waals surface area contributed by atoms with Crippen LogP contribution in [0.3, 0.4) is 0 Å². The highest BCUT2D eigenvalue weighted by atomic mass is 32.1. The van der Waals surface area contributed by atoms with Gasteiger partial charge >= 0.3 is 0 Å². The molecule has 3 aliphatic rings. The predicted octanol–water partition coefficient (Wildman–Crippen LogP) is 4.81. The van der Waals surface area contributed by atoms with E-state index in [-0.39, 0.29) is 23.7 Å². The van der Waals surface area contributed by atoms with Crippen LogP contribution in [0.1, 0.15) is 24.8 Å². The molecule has 2 bridgehead atoms. The molecule has 2 heterocycles. The predicted molar refractivity (Wildman–Crippen MR) is 110 cm³/mol. The third kappa shape index (κ3) is 2.20. The Kier molecular flexibility index (Phi) is 3.37. The summed E-state index contributed by atoms with van der Waals surface area (Å²) < 4.78 is 1.16. The second kappa shape index (κ2) is 5.74. The molecule has 5 heteroatoms. The molecule has 6 rings (SSSR count). The number of rotatable bonds is 2. The van der Waals surface area contributed by atoms with Crippen LogP contribution in [0.4, 0.5) is 5.69 Å². The first-order chi connectivity index (χ1) is 13.6. The van der Waals surface area contributed by atoms with Crippen LogP contribution < -0.4 is 4.90 Å². The number of thiazole rings is 1. The highest BCUT2D eigenvalue weighted by molar-refractivity contribution is 7.21. The minimum atomic E-state index is -0.0709. The normalized spacial score (nSPS) is 28.5. The average Bonchev–Trinajstić information content (AvgIpc) is 3.45. The summed E-state index contributed by atoms with van der Waals surface area (Å²) in [6.07, 6.45) is 3.28. The number of hydrogen-bond acceptors (Lipinski definition) is 4. The van der Waals surface area contributed by atoms with Crippen molar-refractivity contribution in [3.8, 4) is 10.6 Å². The molecule has 28 heavy (non-hydrogen) atoms. The Morgan fingerprint density at radius 1 is 0.964 bits per heavy atom. The Balaban J connectivity index is 1.32. The first-order valence-corrected chi connectivity index (χ1v) is 10.8. The molecule has 0 N–H and O–H groups in total. The van der Waals surface area contributed by atoms with Crippen LogP contribution in [0.2, 0.25) is 0 Å². The zero-order chi connectivity index (χ0) is 19.0. The van der Waals surface area contributed by atoms with Crippen LogP contribution >= 0.6 is 11.3 Å². The van der Waals surface area contributed by atoms with E-state index in [1.807, 2.05) is 24.3 Å². The van der Waals surface area contributed by atoms with Gasteiger partial charge in [0.15, 0.2) is 0 Å². The lowest BCUT2D eigenvalue weighted by molar-refractivity contribution is -0.123. The number of aryl methyl sites for hydroxylation is 1. The maximum Gasteiger partial charge on any atom is 0.237 e. The first-order valence-electron chi connectivity index (χ1n) is 9.95. The second-order valence-corrected chi connectivity index (χ2v) is 9.46. The zero-order valence-electron chi connectivity index (χ0n) is 15.6. The van der Waals surface area contributed by atoms with Gasteiger partial charge in [-0.2, -0.15) is 0 Å². The number of anilines is 1. The SMILES string of the molecule is Cc1ccc2sc(-c3ccc(N4C(=O)[C@@H]5[C@H]6CC[C@@H](C6)[C@@H]5C4=O)cc3)nc2c1. The Labute approximate surface area is 167 Å². The summed E-state index contributed by atoms with van der Waals surface area (Å²) in [5.74, 6) is 0.733. The van der Waals surface area contributed by atoms with E-state index < -0.39 is 0 Å². The summed E-state index contributed by atoms with van der Waals surface area (Å²) in [6, 6.07) is 14.0. The van der Waals surface area contributed by atoms with Gasteiger partial charge in [-0.05, 0) is 80.0 Å². The van der Waals surface area contributed by atoms with Crippen molar-refractivity contribution >= 4 is 39.1 Å². The zero-order valence-corrected chi connectivity index (χ0v) is 16.4. The number of benzene rings is 2. The van der Waals surface area contributed by atoms with Crippen LogP contribution in [0.25, 0.3) is 20.8 Å². The highest BCUT2D eigenvalue weighted by Crippen LogP contribution is 2.56. The molecular weight excluding hydrogens is 368 g/mol. The lowest BCUT2D eigenvalue weighted by Crippen LogP contribution is -2.32. The molecule has 3 fully saturated rings. The molecule has 4 nitrogen and oxygen atoms in total. The van der Waals surface area contributed by atoms with Gasteiger partial charge in [0.05, 0.1) is 27.7 Å². The minimum absolute atomic E-state index is 0.0189. The van der Waals surface area contributed by atoms with E-state index in [2.05, 4.69) is 25.1 Å². The minimum Gasteiger partial charge on any atom is -0.274 e. The number of fused-ring (bicyclic) bond motifs is 6. The maximum atomic E-state index is 13.0.